The third-order valence-corrected chi connectivity index (χ3v) is 5.30. The van der Waals surface area contributed by atoms with Gasteiger partial charge in [0.15, 0.2) is 0 Å². The zero-order chi connectivity index (χ0) is 13.9. The minimum atomic E-state index is 0.198. The standard InChI is InChI=1S/C16H28N2O2/c17-10-13-2-1-3-15(13)16(19)18-8-6-14(7-9-18)20-11-12-4-5-12/h12-15H,1-11,17H2/t13-,15-/m1/s1. The van der Waals surface area contributed by atoms with E-state index < -0.39 is 0 Å². The number of ether oxygens (including phenoxy) is 1. The number of nitrogens with zero attached hydrogens (tertiary/aromatic N) is 1. The molecule has 0 aromatic carbocycles. The van der Waals surface area contributed by atoms with Gasteiger partial charge in [0.1, 0.15) is 0 Å². The van der Waals surface area contributed by atoms with Crippen molar-refractivity contribution in [3.05, 3.63) is 0 Å². The SMILES string of the molecule is NC[C@H]1CCC[C@H]1C(=O)N1CCC(OCC2CC2)CC1. The van der Waals surface area contributed by atoms with Gasteiger partial charge in [-0.15, -0.1) is 0 Å². The molecule has 3 fully saturated rings. The normalized spacial score (nSPS) is 31.8. The maximum absolute atomic E-state index is 12.6. The lowest BCUT2D eigenvalue weighted by Crippen LogP contribution is -2.45. The van der Waals surface area contributed by atoms with Crippen LogP contribution in [0.5, 0.6) is 0 Å². The van der Waals surface area contributed by atoms with E-state index in [1.807, 2.05) is 0 Å². The smallest absolute Gasteiger partial charge is 0.226 e. The van der Waals surface area contributed by atoms with Gasteiger partial charge in [0.25, 0.3) is 0 Å². The van der Waals surface area contributed by atoms with E-state index in [9.17, 15) is 4.79 Å². The Balaban J connectivity index is 1.43. The molecule has 1 heterocycles. The third kappa shape index (κ3) is 3.34. The van der Waals surface area contributed by atoms with E-state index in [4.69, 9.17) is 10.5 Å². The highest BCUT2D eigenvalue weighted by molar-refractivity contribution is 5.79. The van der Waals surface area contributed by atoms with E-state index in [1.165, 1.54) is 19.3 Å². The largest absolute Gasteiger partial charge is 0.378 e. The Morgan fingerprint density at radius 3 is 2.50 bits per heavy atom. The van der Waals surface area contributed by atoms with Crippen LogP contribution in [0.2, 0.25) is 0 Å². The fourth-order valence-electron chi connectivity index (χ4n) is 3.68. The summed E-state index contributed by atoms with van der Waals surface area (Å²) in [6.45, 7) is 3.36. The molecule has 0 radical (unpaired) electrons. The summed E-state index contributed by atoms with van der Waals surface area (Å²) in [4.78, 5) is 14.6. The van der Waals surface area contributed by atoms with Crippen molar-refractivity contribution < 1.29 is 9.53 Å². The fourth-order valence-corrected chi connectivity index (χ4v) is 3.68. The van der Waals surface area contributed by atoms with E-state index in [-0.39, 0.29) is 5.92 Å². The Morgan fingerprint density at radius 2 is 1.85 bits per heavy atom. The predicted molar refractivity (Wildman–Crippen MR) is 78.2 cm³/mol. The molecule has 2 aliphatic carbocycles. The van der Waals surface area contributed by atoms with Gasteiger partial charge >= 0.3 is 0 Å². The maximum Gasteiger partial charge on any atom is 0.226 e. The number of carbonyl (C=O) groups is 1. The molecule has 20 heavy (non-hydrogen) atoms. The number of hydrogen-bond acceptors (Lipinski definition) is 3. The van der Waals surface area contributed by atoms with Gasteiger partial charge in [0.2, 0.25) is 5.91 Å². The minimum Gasteiger partial charge on any atom is -0.378 e. The summed E-state index contributed by atoms with van der Waals surface area (Å²) in [7, 11) is 0. The average Bonchev–Trinajstić information content (AvgIpc) is 3.20. The van der Waals surface area contributed by atoms with Crippen LogP contribution in [0.4, 0.5) is 0 Å². The van der Waals surface area contributed by atoms with Crippen LogP contribution in [-0.4, -0.2) is 43.2 Å². The van der Waals surface area contributed by atoms with E-state index >= 15 is 0 Å². The third-order valence-electron chi connectivity index (χ3n) is 5.30. The first-order valence-electron chi connectivity index (χ1n) is 8.38. The van der Waals surface area contributed by atoms with Crippen LogP contribution >= 0.6 is 0 Å². The first kappa shape index (κ1) is 14.3. The van der Waals surface area contributed by atoms with Crippen LogP contribution in [0.25, 0.3) is 0 Å². The Morgan fingerprint density at radius 1 is 1.10 bits per heavy atom. The van der Waals surface area contributed by atoms with Gasteiger partial charge in [0, 0.05) is 25.6 Å². The molecule has 3 rings (SSSR count). The van der Waals surface area contributed by atoms with Crippen molar-refractivity contribution in [1.82, 2.24) is 4.90 Å². The van der Waals surface area contributed by atoms with Crippen LogP contribution in [0.15, 0.2) is 0 Å². The Hall–Kier alpha value is -0.610. The zero-order valence-electron chi connectivity index (χ0n) is 12.4. The molecule has 0 aromatic rings. The van der Waals surface area contributed by atoms with Gasteiger partial charge in [-0.1, -0.05) is 6.42 Å². The molecular weight excluding hydrogens is 252 g/mol. The van der Waals surface area contributed by atoms with Crippen LogP contribution in [0, 0.1) is 17.8 Å². The fraction of sp³-hybridized carbons (Fsp3) is 0.938. The van der Waals surface area contributed by atoms with Crippen LogP contribution in [-0.2, 0) is 9.53 Å². The molecule has 0 aromatic heterocycles. The first-order valence-corrected chi connectivity index (χ1v) is 8.38. The van der Waals surface area contributed by atoms with Gasteiger partial charge in [0.05, 0.1) is 6.10 Å². The van der Waals surface area contributed by atoms with Gasteiger partial charge < -0.3 is 15.4 Å². The lowest BCUT2D eigenvalue weighted by Gasteiger charge is -2.34. The van der Waals surface area contributed by atoms with Crippen molar-refractivity contribution in [3.8, 4) is 0 Å². The summed E-state index contributed by atoms with van der Waals surface area (Å²) in [5.74, 6) is 1.81. The number of carbonyl (C=O) groups excluding carboxylic acids is 1. The molecule has 2 atom stereocenters. The lowest BCUT2D eigenvalue weighted by atomic mass is 9.93. The van der Waals surface area contributed by atoms with Crippen molar-refractivity contribution in [2.24, 2.45) is 23.5 Å². The number of amides is 1. The highest BCUT2D eigenvalue weighted by Gasteiger charge is 2.36. The van der Waals surface area contributed by atoms with Crippen molar-refractivity contribution >= 4 is 5.91 Å². The van der Waals surface area contributed by atoms with Crippen molar-refractivity contribution in [1.29, 1.82) is 0 Å². The monoisotopic (exact) mass is 280 g/mol. The van der Waals surface area contributed by atoms with Gasteiger partial charge in [-0.05, 0) is 56.9 Å². The van der Waals surface area contributed by atoms with Gasteiger partial charge in [-0.25, -0.2) is 0 Å². The zero-order valence-corrected chi connectivity index (χ0v) is 12.4. The number of nitrogens with two attached hydrogens (primary N) is 1. The molecular formula is C16H28N2O2. The molecule has 3 aliphatic rings. The molecule has 4 nitrogen and oxygen atoms in total. The second-order valence-corrected chi connectivity index (χ2v) is 6.83. The van der Waals surface area contributed by atoms with Crippen LogP contribution in [0.1, 0.15) is 44.9 Å². The summed E-state index contributed by atoms with van der Waals surface area (Å²) in [6.07, 6.45) is 8.44. The Bertz CT molecular complexity index is 335. The van der Waals surface area contributed by atoms with E-state index in [0.29, 0.717) is 24.5 Å². The molecule has 0 spiro atoms. The second-order valence-electron chi connectivity index (χ2n) is 6.83. The average molecular weight is 280 g/mol. The molecule has 2 saturated carbocycles. The summed E-state index contributed by atoms with van der Waals surface area (Å²) in [5.41, 5.74) is 5.80. The molecule has 114 valence electrons. The molecule has 1 amide bonds. The summed E-state index contributed by atoms with van der Waals surface area (Å²) >= 11 is 0. The molecule has 4 heteroatoms. The molecule has 1 aliphatic heterocycles. The molecule has 0 bridgehead atoms. The Kier molecular flexibility index (Phi) is 4.61. The van der Waals surface area contributed by atoms with Crippen molar-refractivity contribution in [2.75, 3.05) is 26.2 Å². The molecule has 2 N–H and O–H groups in total. The van der Waals surface area contributed by atoms with E-state index in [2.05, 4.69) is 4.90 Å². The highest BCUT2D eigenvalue weighted by atomic mass is 16.5. The Labute approximate surface area is 122 Å². The first-order chi connectivity index (χ1) is 9.78. The van der Waals surface area contributed by atoms with Crippen LogP contribution < -0.4 is 5.73 Å². The van der Waals surface area contributed by atoms with Gasteiger partial charge in [-0.2, -0.15) is 0 Å². The molecule has 0 unspecified atom stereocenters. The van der Waals surface area contributed by atoms with Crippen molar-refractivity contribution in [3.63, 3.8) is 0 Å². The predicted octanol–water partition coefficient (Wildman–Crippen LogP) is 1.78. The maximum atomic E-state index is 12.6. The number of rotatable bonds is 5. The minimum absolute atomic E-state index is 0.198. The van der Waals surface area contributed by atoms with E-state index in [1.54, 1.807) is 0 Å². The summed E-state index contributed by atoms with van der Waals surface area (Å²) in [5, 5.41) is 0. The molecule has 1 saturated heterocycles. The number of hydrogen-bond donors (Lipinski definition) is 1. The topological polar surface area (TPSA) is 55.6 Å². The summed E-state index contributed by atoms with van der Waals surface area (Å²) in [6, 6.07) is 0. The van der Waals surface area contributed by atoms with Crippen molar-refractivity contribution in [2.45, 2.75) is 51.0 Å². The second kappa shape index (κ2) is 6.44. The van der Waals surface area contributed by atoms with E-state index in [0.717, 1.165) is 51.3 Å². The van der Waals surface area contributed by atoms with Crippen LogP contribution in [0.3, 0.4) is 0 Å². The summed E-state index contributed by atoms with van der Waals surface area (Å²) < 4.78 is 5.94. The highest BCUT2D eigenvalue weighted by Crippen LogP contribution is 2.33. The van der Waals surface area contributed by atoms with Gasteiger partial charge in [-0.3, -0.25) is 4.79 Å². The lowest BCUT2D eigenvalue weighted by molar-refractivity contribution is -0.139. The number of likely N-dealkylation sites (tertiary alicyclic amines) is 1. The number of piperidine rings is 1. The quantitative estimate of drug-likeness (QED) is 0.835.